The fraction of sp³-hybridized carbons (Fsp3) is 0.759. The molecule has 9 atom stereocenters. The first-order chi connectivity index (χ1) is 61.1. The molecule has 0 saturated heterocycles. The van der Waals surface area contributed by atoms with E-state index in [9.17, 15) is 95.9 Å². The van der Waals surface area contributed by atoms with Crippen LogP contribution in [0, 0.1) is 35.0 Å². The van der Waals surface area contributed by atoms with Crippen molar-refractivity contribution in [1.29, 1.82) is 0 Å². The second-order valence-corrected chi connectivity index (χ2v) is 31.7. The molecule has 778 valence electrons. The molecule has 9 unspecified atom stereocenters. The summed E-state index contributed by atoms with van der Waals surface area (Å²) in [4.78, 5) is 235. The van der Waals surface area contributed by atoms with Crippen LogP contribution in [0.15, 0.2) is 0 Å². The topological polar surface area (TPSA) is 763 Å². The number of aliphatic hydroxyl groups is 4. The van der Waals surface area contributed by atoms with Gasteiger partial charge in [0.15, 0.2) is 0 Å². The standard InChI is InChI=1S/C12H21NO5.C11H19NO5.C11H21NO4.C10H19NO4.2C7H14N2O3.C7H16N2O2.2C6H12N2O3.C6H14N2O2/c1-5-12(3,4)18-10(16)6-9(7-14)11(17)13-8(2)15;1-4-7(2)17-10(15)5-9(6-13)11(16)12-8(3)14;1-5-11(3,4)16-7-9(6-13)10(15)12-8(2)14;1-4-7(2)15-6-9(5-12)10(14)11-8(3)13;1-4-7(2,3)12-6(11)9-5(8)10;1-4-7(2,3)5(10)12-9-6(8)11;1-5-7(2,3)11-9-6(10)8-4;1-3-4(2)11-6(10)8-5(7)9;1-3-4(2)5(9)11-8-6(7)10;1-4-5(2)10-8-6(9)7-3/h9,14H,5-7H2,1-4H3,(H,13,15,17);7,9,13H,4-6H2,1-3H3,(H,12,14,16);9,13H,5-7H2,1-4H3,(H,12,14,15);7,9,12H,4-6H2,1-3H3,(H,11,13,14);4H2,1-3H3,(H3,8,9,10,11);4H2,1-3H3,(H3,8,9,11);5H2,1-4H3,(H2,8,9,10);4H,3H2,1-2H3,(H3,7,8,9,10);4H,3H2,1-2H3,(H3,7,8,10);5H,4H2,1-3H3,(H2,7,8,9). The number of urea groups is 6. The molecule has 0 aliphatic carbocycles. The van der Waals surface area contributed by atoms with Crippen molar-refractivity contribution in [1.82, 2.24) is 64.5 Å². The van der Waals surface area contributed by atoms with Gasteiger partial charge in [-0.05, 0) is 161 Å². The number of primary amides is 4. The highest BCUT2D eigenvalue weighted by Gasteiger charge is 2.31. The molecule has 22 amide bonds. The number of aliphatic hydroxyl groups excluding tert-OH is 4. The summed E-state index contributed by atoms with van der Waals surface area (Å²) in [5.41, 5.74) is 24.4. The molecule has 133 heavy (non-hydrogen) atoms. The summed E-state index contributed by atoms with van der Waals surface area (Å²) >= 11 is 0. The molecule has 0 aromatic carbocycles. The number of ether oxygens (including phenoxy) is 6. The van der Waals surface area contributed by atoms with Crippen molar-refractivity contribution in [2.24, 2.45) is 57.9 Å². The van der Waals surface area contributed by atoms with E-state index in [1.807, 2.05) is 127 Å². The van der Waals surface area contributed by atoms with Gasteiger partial charge in [-0.3, -0.25) is 78.9 Å². The fourth-order valence-electron chi connectivity index (χ4n) is 6.20. The minimum Gasteiger partial charge on any atom is -0.463 e. The molecule has 0 aromatic heterocycles. The number of amides is 22. The van der Waals surface area contributed by atoms with Crippen molar-refractivity contribution in [2.45, 2.75) is 325 Å². The SMILES string of the molecule is CCC(C)(C)C(=O)ONC(N)=O.CCC(C)(C)OC(=O)CC(CO)C(=O)NC(C)=O.CCC(C)(C)OC(=O)NC(N)=O.CCC(C)(C)OCC(CO)C(=O)NC(C)=O.CCC(C)(C)ONC(=O)NC.CCC(C)C(=O)ONC(N)=O.CCC(C)OC(=O)CC(CO)C(=O)NC(C)=O.CCC(C)OC(=O)NC(N)=O.CCC(C)OCC(CO)C(=O)NC(C)=O.CCC(C)ONC(=O)NC. The van der Waals surface area contributed by atoms with Crippen molar-refractivity contribution < 1.29 is 164 Å². The van der Waals surface area contributed by atoms with E-state index in [0.717, 1.165) is 25.7 Å². The molecule has 50 nitrogen and oxygen atoms in total. The number of esters is 2. The second-order valence-electron chi connectivity index (χ2n) is 31.7. The highest BCUT2D eigenvalue weighted by atomic mass is 16.7. The van der Waals surface area contributed by atoms with Crippen LogP contribution in [0.3, 0.4) is 0 Å². The van der Waals surface area contributed by atoms with E-state index < -0.39 is 161 Å². The van der Waals surface area contributed by atoms with Gasteiger partial charge < -0.3 is 92.1 Å². The van der Waals surface area contributed by atoms with Gasteiger partial charge in [0.05, 0.1) is 117 Å². The maximum absolute atomic E-state index is 11.6. The number of nitrogens with two attached hydrogens (primary N) is 4. The van der Waals surface area contributed by atoms with Crippen molar-refractivity contribution >= 4 is 120 Å². The van der Waals surface area contributed by atoms with Gasteiger partial charge >= 0.3 is 72.3 Å². The summed E-state index contributed by atoms with van der Waals surface area (Å²) in [7, 11) is 3.08. The minimum atomic E-state index is -0.964. The maximum atomic E-state index is 11.6. The Morgan fingerprint density at radius 1 is 0.346 bits per heavy atom. The molecule has 24 N–H and O–H groups in total. The van der Waals surface area contributed by atoms with Crippen LogP contribution < -0.4 is 87.4 Å². The molecule has 0 fully saturated rings. The number of hydrogen-bond donors (Lipinski definition) is 20. The van der Waals surface area contributed by atoms with Crippen molar-refractivity contribution in [3.8, 4) is 0 Å². The third kappa shape index (κ3) is 95.1. The Hall–Kier alpha value is -11.3. The van der Waals surface area contributed by atoms with Crippen LogP contribution in [-0.2, 0) is 105 Å². The first-order valence-corrected chi connectivity index (χ1v) is 42.8. The zero-order valence-electron chi connectivity index (χ0n) is 83.8. The number of nitrogens with one attached hydrogen (secondary N) is 12. The molecular weight excluding hydrogens is 1760 g/mol. The van der Waals surface area contributed by atoms with Crippen LogP contribution in [0.5, 0.6) is 0 Å². The quantitative estimate of drug-likeness (QED) is 0.0223. The van der Waals surface area contributed by atoms with Crippen LogP contribution in [0.1, 0.15) is 278 Å². The zero-order chi connectivity index (χ0) is 107. The lowest BCUT2D eigenvalue weighted by Crippen LogP contribution is -2.40. The van der Waals surface area contributed by atoms with Crippen molar-refractivity contribution in [2.75, 3.05) is 53.7 Å². The molecular formula is C83H162N16O34. The summed E-state index contributed by atoms with van der Waals surface area (Å²) in [5, 5.41) is 52.6. The predicted molar refractivity (Wildman–Crippen MR) is 484 cm³/mol. The second kappa shape index (κ2) is 81.4. The van der Waals surface area contributed by atoms with Gasteiger partial charge in [-0.1, -0.05) is 76.2 Å². The largest absolute Gasteiger partial charge is 0.463 e. The summed E-state index contributed by atoms with van der Waals surface area (Å²) in [6, 6.07) is -4.21. The third-order valence-electron chi connectivity index (χ3n) is 17.4. The van der Waals surface area contributed by atoms with Crippen LogP contribution >= 0.6 is 0 Å². The van der Waals surface area contributed by atoms with E-state index in [-0.39, 0.29) is 92.9 Å². The first kappa shape index (κ1) is 142. The fourth-order valence-corrected chi connectivity index (χ4v) is 6.20. The normalized spacial score (nSPS) is 12.4. The van der Waals surface area contributed by atoms with Gasteiger partial charge in [0.1, 0.15) is 17.3 Å². The Morgan fingerprint density at radius 2 is 0.684 bits per heavy atom. The molecule has 50 heteroatoms. The Kier molecular flexibility index (Phi) is 87.0. The van der Waals surface area contributed by atoms with Gasteiger partial charge in [-0.2, -0.15) is 11.0 Å². The average molecular weight is 1930 g/mol. The Labute approximate surface area is 781 Å². The average Bonchev–Trinajstić information content (AvgIpc) is 0.882. The lowest BCUT2D eigenvalue weighted by molar-refractivity contribution is -0.160. The van der Waals surface area contributed by atoms with Crippen LogP contribution in [0.4, 0.5) is 38.4 Å². The van der Waals surface area contributed by atoms with Crippen LogP contribution in [-0.4, -0.2) is 240 Å². The Morgan fingerprint density at radius 3 is 1.02 bits per heavy atom. The zero-order valence-corrected chi connectivity index (χ0v) is 83.8. The smallest absolute Gasteiger partial charge is 0.415 e. The molecule has 0 aliphatic rings. The van der Waals surface area contributed by atoms with Gasteiger partial charge in [-0.15, -0.1) is 0 Å². The van der Waals surface area contributed by atoms with Gasteiger partial charge in [0.2, 0.25) is 47.3 Å². The Balaban J connectivity index is -0.000000159. The van der Waals surface area contributed by atoms with E-state index in [4.69, 9.17) is 65.3 Å². The molecule has 0 saturated carbocycles. The van der Waals surface area contributed by atoms with E-state index in [0.29, 0.717) is 38.5 Å². The molecule has 0 aliphatic heterocycles. The minimum absolute atomic E-state index is 0.0455. The number of rotatable bonds is 38. The van der Waals surface area contributed by atoms with Crippen LogP contribution in [0.2, 0.25) is 0 Å². The third-order valence-corrected chi connectivity index (χ3v) is 17.4. The van der Waals surface area contributed by atoms with E-state index >= 15 is 0 Å². The summed E-state index contributed by atoms with van der Waals surface area (Å²) in [6.07, 6.45) is 4.94. The van der Waals surface area contributed by atoms with E-state index in [2.05, 4.69) is 58.1 Å². The summed E-state index contributed by atoms with van der Waals surface area (Å²) in [5.74, 6) is -9.85. The molecule has 0 rings (SSSR count). The maximum Gasteiger partial charge on any atom is 0.415 e. The molecule has 0 spiro atoms. The first-order valence-electron chi connectivity index (χ1n) is 42.8. The number of hydroxylamine groups is 4. The van der Waals surface area contributed by atoms with Gasteiger partial charge in [0, 0.05) is 41.8 Å². The van der Waals surface area contributed by atoms with Crippen molar-refractivity contribution in [3.63, 3.8) is 0 Å². The highest BCUT2D eigenvalue weighted by Crippen LogP contribution is 2.22. The van der Waals surface area contributed by atoms with Gasteiger partial charge in [-0.25, -0.2) is 69.5 Å². The molecule has 0 radical (unpaired) electrons. The highest BCUT2D eigenvalue weighted by molar-refractivity contribution is 5.98. The molecule has 0 heterocycles. The number of hydrogen-bond acceptors (Lipinski definition) is 34. The predicted octanol–water partition coefficient (Wildman–Crippen LogP) is 4.86. The van der Waals surface area contributed by atoms with Gasteiger partial charge in [0.25, 0.3) is 0 Å². The molecule has 0 bridgehead atoms. The Bertz CT molecular complexity index is 3440. The lowest BCUT2D eigenvalue weighted by atomic mass is 9.91. The number of carbonyl (C=O) groups excluding carboxylic acids is 20. The van der Waals surface area contributed by atoms with E-state index in [1.165, 1.54) is 41.8 Å². The monoisotopic (exact) mass is 1930 g/mol. The van der Waals surface area contributed by atoms with E-state index in [1.54, 1.807) is 78.6 Å². The van der Waals surface area contributed by atoms with Crippen LogP contribution in [0.25, 0.3) is 0 Å². The number of alkyl carbamates (subject to hydrolysis) is 2. The number of carbonyl (C=O) groups is 20. The number of imide groups is 6. The van der Waals surface area contributed by atoms with Crippen molar-refractivity contribution in [3.05, 3.63) is 0 Å². The summed E-state index contributed by atoms with van der Waals surface area (Å²) < 4.78 is 30.5. The summed E-state index contributed by atoms with van der Waals surface area (Å²) in [6.45, 7) is 49.5. The lowest BCUT2D eigenvalue weighted by Gasteiger charge is -2.25. The molecule has 0 aromatic rings.